The Hall–Kier alpha value is -1.06. The van der Waals surface area contributed by atoms with Crippen molar-refractivity contribution in [3.05, 3.63) is 29.8 Å². The quantitative estimate of drug-likeness (QED) is 0.822. The average Bonchev–Trinajstić information content (AvgIpc) is 2.44. The molecule has 0 amide bonds. The third-order valence-corrected chi connectivity index (χ3v) is 3.73. The lowest BCUT2D eigenvalue weighted by atomic mass is 9.91. The fraction of sp³-hybridized carbons (Fsp3) is 0.625. The fourth-order valence-electron chi connectivity index (χ4n) is 2.35. The van der Waals surface area contributed by atoms with Gasteiger partial charge in [-0.1, -0.05) is 39.0 Å². The molecular weight excluding hydrogens is 236 g/mol. The van der Waals surface area contributed by atoms with Crippen LogP contribution in [0.3, 0.4) is 0 Å². The van der Waals surface area contributed by atoms with Crippen molar-refractivity contribution in [3.8, 4) is 5.75 Å². The van der Waals surface area contributed by atoms with Gasteiger partial charge in [0.15, 0.2) is 0 Å². The number of hydrogen-bond donors (Lipinski definition) is 1. The summed E-state index contributed by atoms with van der Waals surface area (Å²) in [7, 11) is 1.73. The molecule has 1 aromatic rings. The van der Waals surface area contributed by atoms with E-state index in [9.17, 15) is 0 Å². The number of benzene rings is 1. The first-order valence-corrected chi connectivity index (χ1v) is 7.02. The Morgan fingerprint density at radius 3 is 2.47 bits per heavy atom. The van der Waals surface area contributed by atoms with Gasteiger partial charge in [-0.05, 0) is 31.5 Å². The molecule has 0 aromatic heterocycles. The summed E-state index contributed by atoms with van der Waals surface area (Å²) in [6.45, 7) is 11.5. The van der Waals surface area contributed by atoms with Crippen molar-refractivity contribution in [2.75, 3.05) is 26.7 Å². The number of ether oxygens (including phenoxy) is 1. The molecule has 1 rings (SSSR count). The van der Waals surface area contributed by atoms with Gasteiger partial charge in [-0.2, -0.15) is 0 Å². The molecular formula is C16H28N2O. The molecule has 3 nitrogen and oxygen atoms in total. The summed E-state index contributed by atoms with van der Waals surface area (Å²) in [5.41, 5.74) is 7.22. The van der Waals surface area contributed by atoms with Crippen LogP contribution in [0.1, 0.15) is 39.3 Å². The Balaban J connectivity index is 2.92. The zero-order valence-corrected chi connectivity index (χ0v) is 12.9. The Kier molecular flexibility index (Phi) is 5.83. The lowest BCUT2D eigenvalue weighted by molar-refractivity contribution is 0.146. The van der Waals surface area contributed by atoms with Gasteiger partial charge in [-0.15, -0.1) is 0 Å². The van der Waals surface area contributed by atoms with E-state index < -0.39 is 0 Å². The number of nitrogens with two attached hydrogens (primary N) is 1. The summed E-state index contributed by atoms with van der Waals surface area (Å²) >= 11 is 0. The van der Waals surface area contributed by atoms with Gasteiger partial charge < -0.3 is 10.5 Å². The number of methoxy groups -OCH3 is 1. The Morgan fingerprint density at radius 1 is 1.32 bits per heavy atom. The van der Waals surface area contributed by atoms with Gasteiger partial charge in [0.2, 0.25) is 0 Å². The van der Waals surface area contributed by atoms with Gasteiger partial charge >= 0.3 is 0 Å². The molecule has 0 fully saturated rings. The third kappa shape index (κ3) is 4.22. The monoisotopic (exact) mass is 264 g/mol. The number of para-hydroxylation sites is 1. The van der Waals surface area contributed by atoms with E-state index in [1.807, 2.05) is 12.1 Å². The van der Waals surface area contributed by atoms with E-state index in [0.29, 0.717) is 12.6 Å². The maximum atomic E-state index is 5.85. The smallest absolute Gasteiger partial charge is 0.123 e. The second kappa shape index (κ2) is 6.92. The summed E-state index contributed by atoms with van der Waals surface area (Å²) in [6, 6.07) is 8.56. The second-order valence-corrected chi connectivity index (χ2v) is 5.85. The molecule has 1 unspecified atom stereocenters. The highest BCUT2D eigenvalue weighted by Crippen LogP contribution is 2.30. The Labute approximate surface area is 117 Å². The molecule has 0 saturated carbocycles. The van der Waals surface area contributed by atoms with Gasteiger partial charge in [0.1, 0.15) is 5.75 Å². The molecule has 1 aromatic carbocycles. The van der Waals surface area contributed by atoms with E-state index in [0.717, 1.165) is 18.8 Å². The molecule has 19 heavy (non-hydrogen) atoms. The first-order chi connectivity index (χ1) is 8.95. The van der Waals surface area contributed by atoms with Crippen LogP contribution in [0.5, 0.6) is 5.75 Å². The average molecular weight is 264 g/mol. The van der Waals surface area contributed by atoms with Gasteiger partial charge in [-0.3, -0.25) is 4.90 Å². The minimum atomic E-state index is 0.131. The Morgan fingerprint density at radius 2 is 1.95 bits per heavy atom. The van der Waals surface area contributed by atoms with E-state index in [1.54, 1.807) is 7.11 Å². The van der Waals surface area contributed by atoms with Gasteiger partial charge in [-0.25, -0.2) is 0 Å². The van der Waals surface area contributed by atoms with E-state index in [1.165, 1.54) is 5.56 Å². The lowest BCUT2D eigenvalue weighted by Gasteiger charge is -2.35. The molecule has 0 radical (unpaired) electrons. The van der Waals surface area contributed by atoms with Gasteiger partial charge in [0.05, 0.1) is 7.11 Å². The van der Waals surface area contributed by atoms with Crippen molar-refractivity contribution >= 4 is 0 Å². The van der Waals surface area contributed by atoms with Crippen LogP contribution >= 0.6 is 0 Å². The van der Waals surface area contributed by atoms with Crippen molar-refractivity contribution in [2.24, 2.45) is 11.1 Å². The zero-order chi connectivity index (χ0) is 14.5. The molecule has 0 heterocycles. The highest BCUT2D eigenvalue weighted by molar-refractivity contribution is 5.35. The first kappa shape index (κ1) is 16.0. The minimum Gasteiger partial charge on any atom is -0.496 e. The maximum Gasteiger partial charge on any atom is 0.123 e. The molecule has 0 spiro atoms. The van der Waals surface area contributed by atoms with Crippen molar-refractivity contribution in [3.63, 3.8) is 0 Å². The number of rotatable bonds is 7. The first-order valence-electron chi connectivity index (χ1n) is 7.02. The summed E-state index contributed by atoms with van der Waals surface area (Å²) in [6.07, 6.45) is 0. The summed E-state index contributed by atoms with van der Waals surface area (Å²) in [5, 5.41) is 0. The normalized spacial score (nSPS) is 13.6. The van der Waals surface area contributed by atoms with Crippen molar-refractivity contribution in [1.29, 1.82) is 0 Å². The number of nitrogens with zero attached hydrogens (tertiary/aromatic N) is 1. The largest absolute Gasteiger partial charge is 0.496 e. The highest BCUT2D eigenvalue weighted by atomic mass is 16.5. The van der Waals surface area contributed by atoms with Crippen LogP contribution in [-0.2, 0) is 0 Å². The van der Waals surface area contributed by atoms with E-state index in [2.05, 4.69) is 44.7 Å². The van der Waals surface area contributed by atoms with Crippen molar-refractivity contribution in [1.82, 2.24) is 4.90 Å². The molecule has 0 aliphatic carbocycles. The van der Waals surface area contributed by atoms with Crippen LogP contribution in [0, 0.1) is 5.41 Å². The van der Waals surface area contributed by atoms with E-state index in [4.69, 9.17) is 10.5 Å². The van der Waals surface area contributed by atoms with E-state index >= 15 is 0 Å². The molecule has 0 bridgehead atoms. The van der Waals surface area contributed by atoms with E-state index in [-0.39, 0.29) is 5.41 Å². The predicted octanol–water partition coefficient (Wildman–Crippen LogP) is 3.06. The standard InChI is InChI=1S/C16H28N2O/c1-6-18(12-16(3,4)11-17)13(2)14-9-7-8-10-15(14)19-5/h7-10,13H,6,11-12,17H2,1-5H3. The second-order valence-electron chi connectivity index (χ2n) is 5.85. The van der Waals surface area contributed by atoms with Gasteiger partial charge in [0.25, 0.3) is 0 Å². The van der Waals surface area contributed by atoms with Gasteiger partial charge in [0, 0.05) is 18.2 Å². The van der Waals surface area contributed by atoms with Crippen LogP contribution in [0.2, 0.25) is 0 Å². The summed E-state index contributed by atoms with van der Waals surface area (Å²) < 4.78 is 5.47. The Bertz CT molecular complexity index is 390. The topological polar surface area (TPSA) is 38.5 Å². The molecule has 0 aliphatic rings. The van der Waals surface area contributed by atoms with Crippen LogP contribution in [0.4, 0.5) is 0 Å². The fourth-order valence-corrected chi connectivity index (χ4v) is 2.35. The lowest BCUT2D eigenvalue weighted by Crippen LogP contribution is -2.40. The van der Waals surface area contributed by atoms with Crippen LogP contribution in [0.15, 0.2) is 24.3 Å². The molecule has 3 heteroatoms. The third-order valence-electron chi connectivity index (χ3n) is 3.73. The molecule has 0 aliphatic heterocycles. The summed E-state index contributed by atoms with van der Waals surface area (Å²) in [4.78, 5) is 2.45. The predicted molar refractivity (Wildman–Crippen MR) is 81.5 cm³/mol. The maximum absolute atomic E-state index is 5.85. The van der Waals surface area contributed by atoms with Crippen LogP contribution in [-0.4, -0.2) is 31.6 Å². The molecule has 108 valence electrons. The highest BCUT2D eigenvalue weighted by Gasteiger charge is 2.24. The van der Waals surface area contributed by atoms with Crippen molar-refractivity contribution in [2.45, 2.75) is 33.7 Å². The van der Waals surface area contributed by atoms with Crippen molar-refractivity contribution < 1.29 is 4.74 Å². The van der Waals surface area contributed by atoms with Crippen LogP contribution < -0.4 is 10.5 Å². The SMILES string of the molecule is CCN(CC(C)(C)CN)C(C)c1ccccc1OC. The summed E-state index contributed by atoms with van der Waals surface area (Å²) in [5.74, 6) is 0.957. The molecule has 2 N–H and O–H groups in total. The number of hydrogen-bond acceptors (Lipinski definition) is 3. The van der Waals surface area contributed by atoms with Crippen LogP contribution in [0.25, 0.3) is 0 Å². The zero-order valence-electron chi connectivity index (χ0n) is 12.9. The molecule has 0 saturated heterocycles. The minimum absolute atomic E-state index is 0.131. The molecule has 1 atom stereocenters.